The molecule has 0 aliphatic heterocycles. The molecule has 0 aliphatic rings. The van der Waals surface area contributed by atoms with Crippen LogP contribution >= 0.6 is 0 Å². The fraction of sp³-hybridized carbons (Fsp3) is 0.381. The molecule has 1 atom stereocenters. The highest BCUT2D eigenvalue weighted by Crippen LogP contribution is 2.25. The summed E-state index contributed by atoms with van der Waals surface area (Å²) in [6, 6.07) is 1.84. The molecule has 0 aromatic carbocycles. The Balaban J connectivity index is 1.58. The number of carbonyl (C=O) groups is 1. The van der Waals surface area contributed by atoms with Crippen molar-refractivity contribution in [1.82, 2.24) is 44.6 Å². The number of nitrogen functional groups attached to an aromatic ring is 2. The SMILES string of the molecule is CCCN(C(=O)c1ncn[nH]1)[C@H](CC)CCc1cc(N)n2ncc(-c3cnc(N)nc3)c2n1. The number of amides is 1. The van der Waals surface area contributed by atoms with E-state index in [1.165, 1.54) is 6.33 Å². The predicted octanol–water partition coefficient (Wildman–Crippen LogP) is 1.73. The van der Waals surface area contributed by atoms with Crippen molar-refractivity contribution >= 4 is 23.3 Å². The van der Waals surface area contributed by atoms with E-state index in [9.17, 15) is 4.79 Å². The summed E-state index contributed by atoms with van der Waals surface area (Å²) in [4.78, 5) is 31.7. The van der Waals surface area contributed by atoms with E-state index in [1.807, 2.05) is 17.9 Å². The third kappa shape index (κ3) is 4.59. The van der Waals surface area contributed by atoms with Crippen LogP contribution in [0, 0.1) is 0 Å². The zero-order chi connectivity index (χ0) is 23.4. The molecule has 0 fully saturated rings. The van der Waals surface area contributed by atoms with Crippen molar-refractivity contribution < 1.29 is 4.79 Å². The lowest BCUT2D eigenvalue weighted by atomic mass is 10.0. The molecular weight excluding hydrogens is 422 g/mol. The Bertz CT molecular complexity index is 1220. The number of aromatic amines is 1. The van der Waals surface area contributed by atoms with Crippen LogP contribution in [0.25, 0.3) is 16.8 Å². The Labute approximate surface area is 190 Å². The topological polar surface area (TPSA) is 170 Å². The lowest BCUT2D eigenvalue weighted by Gasteiger charge is -2.30. The van der Waals surface area contributed by atoms with Gasteiger partial charge in [0, 0.05) is 47.9 Å². The smallest absolute Gasteiger partial charge is 0.291 e. The fourth-order valence-corrected chi connectivity index (χ4v) is 3.88. The normalized spacial score (nSPS) is 12.2. The maximum atomic E-state index is 13.0. The maximum absolute atomic E-state index is 13.0. The Morgan fingerprint density at radius 1 is 1.18 bits per heavy atom. The Morgan fingerprint density at radius 2 is 1.97 bits per heavy atom. The predicted molar refractivity (Wildman–Crippen MR) is 123 cm³/mol. The molecule has 0 radical (unpaired) electrons. The lowest BCUT2D eigenvalue weighted by molar-refractivity contribution is 0.0650. The molecule has 172 valence electrons. The zero-order valence-electron chi connectivity index (χ0n) is 18.6. The van der Waals surface area contributed by atoms with Gasteiger partial charge in [0.2, 0.25) is 11.8 Å². The minimum atomic E-state index is -0.148. The van der Waals surface area contributed by atoms with Crippen molar-refractivity contribution in [1.29, 1.82) is 0 Å². The fourth-order valence-electron chi connectivity index (χ4n) is 3.88. The molecule has 12 heteroatoms. The number of H-pyrrole nitrogens is 1. The van der Waals surface area contributed by atoms with Crippen molar-refractivity contribution in [2.75, 3.05) is 18.0 Å². The van der Waals surface area contributed by atoms with Crippen molar-refractivity contribution in [3.05, 3.63) is 42.5 Å². The van der Waals surface area contributed by atoms with Crippen LogP contribution in [0.1, 0.15) is 49.4 Å². The van der Waals surface area contributed by atoms with E-state index in [0.29, 0.717) is 24.4 Å². The van der Waals surface area contributed by atoms with Gasteiger partial charge in [0.15, 0.2) is 5.65 Å². The number of fused-ring (bicyclic) bond motifs is 1. The molecule has 4 heterocycles. The summed E-state index contributed by atoms with van der Waals surface area (Å²) in [6.07, 6.45) is 9.32. The number of nitrogens with zero attached hydrogens (tertiary/aromatic N) is 8. The van der Waals surface area contributed by atoms with Crippen LogP contribution < -0.4 is 11.5 Å². The zero-order valence-corrected chi connectivity index (χ0v) is 18.6. The average molecular weight is 450 g/mol. The minimum Gasteiger partial charge on any atom is -0.384 e. The van der Waals surface area contributed by atoms with Crippen molar-refractivity contribution in [3.8, 4) is 11.1 Å². The quantitative estimate of drug-likeness (QED) is 0.344. The third-order valence-electron chi connectivity index (χ3n) is 5.52. The molecule has 4 rings (SSSR count). The molecule has 0 aliphatic carbocycles. The largest absolute Gasteiger partial charge is 0.384 e. The average Bonchev–Trinajstić information content (AvgIpc) is 3.49. The molecular formula is C21H27N11O. The van der Waals surface area contributed by atoms with Gasteiger partial charge in [0.1, 0.15) is 12.1 Å². The van der Waals surface area contributed by atoms with Crippen molar-refractivity contribution in [2.45, 2.75) is 45.6 Å². The first kappa shape index (κ1) is 22.1. The van der Waals surface area contributed by atoms with Gasteiger partial charge in [-0.2, -0.15) is 14.7 Å². The van der Waals surface area contributed by atoms with E-state index in [1.54, 1.807) is 23.1 Å². The number of aromatic nitrogens is 8. The molecule has 4 aromatic rings. The number of hydrogen-bond acceptors (Lipinski definition) is 9. The van der Waals surface area contributed by atoms with E-state index >= 15 is 0 Å². The van der Waals surface area contributed by atoms with Gasteiger partial charge in [-0.05, 0) is 25.7 Å². The highest BCUT2D eigenvalue weighted by molar-refractivity contribution is 5.90. The third-order valence-corrected chi connectivity index (χ3v) is 5.52. The first-order valence-electron chi connectivity index (χ1n) is 10.9. The molecule has 0 saturated carbocycles. The summed E-state index contributed by atoms with van der Waals surface area (Å²) >= 11 is 0. The number of carbonyl (C=O) groups excluding carboxylic acids is 1. The summed E-state index contributed by atoms with van der Waals surface area (Å²) in [6.45, 7) is 4.75. The molecule has 0 unspecified atom stereocenters. The molecule has 0 spiro atoms. The van der Waals surface area contributed by atoms with Gasteiger partial charge >= 0.3 is 0 Å². The van der Waals surface area contributed by atoms with Crippen LogP contribution in [-0.4, -0.2) is 63.1 Å². The molecule has 12 nitrogen and oxygen atoms in total. The summed E-state index contributed by atoms with van der Waals surface area (Å²) in [5, 5.41) is 10.8. The van der Waals surface area contributed by atoms with E-state index in [-0.39, 0.29) is 23.7 Å². The summed E-state index contributed by atoms with van der Waals surface area (Å²) < 4.78 is 1.59. The summed E-state index contributed by atoms with van der Waals surface area (Å²) in [7, 11) is 0. The number of nitrogens with one attached hydrogen (secondary N) is 1. The number of hydrogen-bond donors (Lipinski definition) is 3. The lowest BCUT2D eigenvalue weighted by Crippen LogP contribution is -2.41. The van der Waals surface area contributed by atoms with E-state index in [0.717, 1.165) is 36.1 Å². The minimum absolute atomic E-state index is 0.0247. The highest BCUT2D eigenvalue weighted by atomic mass is 16.2. The van der Waals surface area contributed by atoms with Gasteiger partial charge in [0.25, 0.3) is 5.91 Å². The van der Waals surface area contributed by atoms with E-state index < -0.39 is 0 Å². The highest BCUT2D eigenvalue weighted by Gasteiger charge is 2.25. The van der Waals surface area contributed by atoms with Crippen molar-refractivity contribution in [2.24, 2.45) is 0 Å². The van der Waals surface area contributed by atoms with Crippen LogP contribution in [0.3, 0.4) is 0 Å². The number of rotatable bonds is 9. The van der Waals surface area contributed by atoms with Gasteiger partial charge < -0.3 is 16.4 Å². The Hall–Kier alpha value is -4.09. The van der Waals surface area contributed by atoms with Crippen LogP contribution in [0.15, 0.2) is 31.0 Å². The Morgan fingerprint density at radius 3 is 2.64 bits per heavy atom. The second-order valence-electron chi connectivity index (χ2n) is 7.73. The van der Waals surface area contributed by atoms with Gasteiger partial charge in [-0.1, -0.05) is 13.8 Å². The van der Waals surface area contributed by atoms with Crippen LogP contribution in [0.5, 0.6) is 0 Å². The summed E-state index contributed by atoms with van der Waals surface area (Å²) in [5.74, 6) is 0.783. The van der Waals surface area contributed by atoms with E-state index in [2.05, 4.69) is 37.2 Å². The summed E-state index contributed by atoms with van der Waals surface area (Å²) in [5.41, 5.74) is 14.8. The van der Waals surface area contributed by atoms with Crippen LogP contribution in [0.4, 0.5) is 11.8 Å². The van der Waals surface area contributed by atoms with Gasteiger partial charge in [-0.15, -0.1) is 0 Å². The number of aryl methyl sites for hydroxylation is 1. The van der Waals surface area contributed by atoms with Crippen LogP contribution in [0.2, 0.25) is 0 Å². The molecule has 0 bridgehead atoms. The molecule has 5 N–H and O–H groups in total. The van der Waals surface area contributed by atoms with Gasteiger partial charge in [-0.3, -0.25) is 9.89 Å². The maximum Gasteiger partial charge on any atom is 0.291 e. The van der Waals surface area contributed by atoms with E-state index in [4.69, 9.17) is 16.5 Å². The Kier molecular flexibility index (Phi) is 6.43. The number of anilines is 2. The molecule has 1 amide bonds. The molecule has 0 saturated heterocycles. The standard InChI is InChI=1S/C21H27N11O/c1-3-7-31(20(33)18-26-12-27-30-18)15(4-2)6-5-14-8-17(22)32-19(29-14)16(11-28-32)13-9-24-21(23)25-10-13/h8-12,15H,3-7,22H2,1-2H3,(H2,23,24,25)(H,26,27,30)/t15-/m1/s1. The molecule has 4 aromatic heterocycles. The second-order valence-corrected chi connectivity index (χ2v) is 7.73. The monoisotopic (exact) mass is 449 g/mol. The van der Waals surface area contributed by atoms with Crippen molar-refractivity contribution in [3.63, 3.8) is 0 Å². The number of nitrogens with two attached hydrogens (primary N) is 2. The van der Waals surface area contributed by atoms with Gasteiger partial charge in [0.05, 0.1) is 6.20 Å². The van der Waals surface area contributed by atoms with Gasteiger partial charge in [-0.25, -0.2) is 19.9 Å². The second kappa shape index (κ2) is 9.59. The molecule has 33 heavy (non-hydrogen) atoms. The first-order chi connectivity index (χ1) is 16.0. The van der Waals surface area contributed by atoms with Crippen LogP contribution in [-0.2, 0) is 6.42 Å². The first-order valence-corrected chi connectivity index (χ1v) is 10.9.